The lowest BCUT2D eigenvalue weighted by molar-refractivity contribution is -0.142. The van der Waals surface area contributed by atoms with E-state index in [1.54, 1.807) is 18.0 Å². The van der Waals surface area contributed by atoms with Gasteiger partial charge in [-0.3, -0.25) is 9.78 Å². The number of hydrogen-bond donors (Lipinski definition) is 0. The van der Waals surface area contributed by atoms with Crippen LogP contribution in [0.4, 0.5) is 0 Å². The molecule has 23 heavy (non-hydrogen) atoms. The number of methoxy groups -OCH3 is 1. The van der Waals surface area contributed by atoms with Crippen LogP contribution in [0.5, 0.6) is 0 Å². The summed E-state index contributed by atoms with van der Waals surface area (Å²) in [6.45, 7) is 4.25. The van der Waals surface area contributed by atoms with E-state index >= 15 is 0 Å². The Bertz CT molecular complexity index is 631. The standard InChI is InChI=1S/C18H21ClN2O2/c1-4-21(18(22)13(2)23-3)17(16-7-5-6-12-20-16)14-8-10-15(19)11-9-14/h5-13,17H,4H2,1-3H3/t13-,17-/m0/s1. The van der Waals surface area contributed by atoms with Crippen LogP contribution in [-0.4, -0.2) is 35.5 Å². The van der Waals surface area contributed by atoms with E-state index in [9.17, 15) is 4.79 Å². The average molecular weight is 333 g/mol. The van der Waals surface area contributed by atoms with Gasteiger partial charge in [-0.1, -0.05) is 29.8 Å². The van der Waals surface area contributed by atoms with Crippen LogP contribution in [0, 0.1) is 0 Å². The Morgan fingerprint density at radius 1 is 1.26 bits per heavy atom. The van der Waals surface area contributed by atoms with Gasteiger partial charge in [0.2, 0.25) is 0 Å². The van der Waals surface area contributed by atoms with Crippen molar-refractivity contribution in [2.75, 3.05) is 13.7 Å². The first-order valence-electron chi connectivity index (χ1n) is 7.58. The average Bonchev–Trinajstić information content (AvgIpc) is 2.60. The van der Waals surface area contributed by atoms with Gasteiger partial charge in [0.15, 0.2) is 0 Å². The lowest BCUT2D eigenvalue weighted by Crippen LogP contribution is -2.41. The number of hydrogen-bond acceptors (Lipinski definition) is 3. The molecule has 0 radical (unpaired) electrons. The number of nitrogens with zero attached hydrogens (tertiary/aromatic N) is 2. The summed E-state index contributed by atoms with van der Waals surface area (Å²) in [4.78, 5) is 18.9. The van der Waals surface area contributed by atoms with E-state index in [0.29, 0.717) is 11.6 Å². The number of carbonyl (C=O) groups excluding carboxylic acids is 1. The molecule has 0 aliphatic rings. The molecule has 0 aliphatic heterocycles. The second-order valence-corrected chi connectivity index (χ2v) is 5.65. The fraction of sp³-hybridized carbons (Fsp3) is 0.333. The van der Waals surface area contributed by atoms with Crippen LogP contribution < -0.4 is 0 Å². The van der Waals surface area contributed by atoms with E-state index in [1.165, 1.54) is 7.11 Å². The van der Waals surface area contributed by atoms with Crippen LogP contribution >= 0.6 is 11.6 Å². The topological polar surface area (TPSA) is 42.4 Å². The molecule has 1 aromatic carbocycles. The molecule has 122 valence electrons. The van der Waals surface area contributed by atoms with Crippen molar-refractivity contribution in [2.45, 2.75) is 26.0 Å². The Hall–Kier alpha value is -1.91. The molecule has 1 amide bonds. The Labute approximate surface area is 142 Å². The molecule has 0 aliphatic carbocycles. The second kappa shape index (κ2) is 8.09. The minimum atomic E-state index is -0.506. The first kappa shape index (κ1) is 17.4. The molecule has 5 heteroatoms. The molecule has 0 bridgehead atoms. The highest BCUT2D eigenvalue weighted by Crippen LogP contribution is 2.29. The highest BCUT2D eigenvalue weighted by Gasteiger charge is 2.29. The lowest BCUT2D eigenvalue weighted by atomic mass is 10.0. The number of ether oxygens (including phenoxy) is 1. The van der Waals surface area contributed by atoms with E-state index in [4.69, 9.17) is 16.3 Å². The van der Waals surface area contributed by atoms with Gasteiger partial charge in [0, 0.05) is 24.9 Å². The molecule has 1 aromatic heterocycles. The van der Waals surface area contributed by atoms with E-state index < -0.39 is 6.10 Å². The van der Waals surface area contributed by atoms with Crippen LogP contribution in [0.2, 0.25) is 5.02 Å². The minimum absolute atomic E-state index is 0.0689. The maximum absolute atomic E-state index is 12.7. The summed E-state index contributed by atoms with van der Waals surface area (Å²) in [5.41, 5.74) is 1.78. The second-order valence-electron chi connectivity index (χ2n) is 5.21. The van der Waals surface area contributed by atoms with Gasteiger partial charge in [0.25, 0.3) is 5.91 Å². The van der Waals surface area contributed by atoms with Crippen LogP contribution in [-0.2, 0) is 9.53 Å². The predicted molar refractivity (Wildman–Crippen MR) is 91.4 cm³/mol. The summed E-state index contributed by atoms with van der Waals surface area (Å²) in [5.74, 6) is -0.0689. The van der Waals surface area contributed by atoms with Gasteiger partial charge in [0.1, 0.15) is 6.10 Å². The van der Waals surface area contributed by atoms with Crippen molar-refractivity contribution in [1.82, 2.24) is 9.88 Å². The van der Waals surface area contributed by atoms with Gasteiger partial charge in [-0.25, -0.2) is 0 Å². The molecular weight excluding hydrogens is 312 g/mol. The molecular formula is C18H21ClN2O2. The highest BCUT2D eigenvalue weighted by atomic mass is 35.5. The fourth-order valence-corrected chi connectivity index (χ4v) is 2.62. The Morgan fingerprint density at radius 2 is 1.96 bits per heavy atom. The van der Waals surface area contributed by atoms with Crippen LogP contribution in [0.15, 0.2) is 48.7 Å². The van der Waals surface area contributed by atoms with Crippen molar-refractivity contribution in [3.05, 3.63) is 64.9 Å². The Kier molecular flexibility index (Phi) is 6.13. The molecule has 1 heterocycles. The number of benzene rings is 1. The third-order valence-corrected chi connectivity index (χ3v) is 4.04. The highest BCUT2D eigenvalue weighted by molar-refractivity contribution is 6.30. The van der Waals surface area contributed by atoms with Gasteiger partial charge in [-0.2, -0.15) is 0 Å². The quantitative estimate of drug-likeness (QED) is 0.810. The number of carbonyl (C=O) groups is 1. The summed E-state index contributed by atoms with van der Waals surface area (Å²) in [6, 6.07) is 12.9. The smallest absolute Gasteiger partial charge is 0.252 e. The van der Waals surface area contributed by atoms with Crippen molar-refractivity contribution in [3.8, 4) is 0 Å². The van der Waals surface area contributed by atoms with Crippen LogP contribution in [0.25, 0.3) is 0 Å². The minimum Gasteiger partial charge on any atom is -0.372 e. The number of aromatic nitrogens is 1. The summed E-state index contributed by atoms with van der Waals surface area (Å²) in [7, 11) is 1.54. The molecule has 0 saturated carbocycles. The van der Waals surface area contributed by atoms with Crippen molar-refractivity contribution in [2.24, 2.45) is 0 Å². The van der Waals surface area contributed by atoms with Gasteiger partial charge < -0.3 is 9.64 Å². The molecule has 0 spiro atoms. The molecule has 2 aromatic rings. The SMILES string of the molecule is CCN(C(=O)[C@H](C)OC)[C@@H](c1ccc(Cl)cc1)c1ccccn1. The predicted octanol–water partition coefficient (Wildman–Crippen LogP) is 3.71. The zero-order valence-corrected chi connectivity index (χ0v) is 14.3. The third-order valence-electron chi connectivity index (χ3n) is 3.79. The largest absolute Gasteiger partial charge is 0.372 e. The fourth-order valence-electron chi connectivity index (χ4n) is 2.49. The molecule has 0 saturated heterocycles. The van der Waals surface area contributed by atoms with E-state index in [0.717, 1.165) is 11.3 Å². The van der Waals surface area contributed by atoms with Crippen molar-refractivity contribution in [1.29, 1.82) is 0 Å². The number of amides is 1. The number of likely N-dealkylation sites (N-methyl/N-ethyl adjacent to an activating group) is 1. The van der Waals surface area contributed by atoms with Crippen molar-refractivity contribution >= 4 is 17.5 Å². The number of rotatable bonds is 6. The maximum Gasteiger partial charge on any atom is 0.252 e. The van der Waals surface area contributed by atoms with Gasteiger partial charge in [-0.15, -0.1) is 0 Å². The number of halogens is 1. The van der Waals surface area contributed by atoms with E-state index in [2.05, 4.69) is 4.98 Å². The van der Waals surface area contributed by atoms with Crippen LogP contribution in [0.3, 0.4) is 0 Å². The first-order chi connectivity index (χ1) is 11.1. The molecule has 2 rings (SSSR count). The zero-order valence-electron chi connectivity index (χ0n) is 13.6. The molecule has 4 nitrogen and oxygen atoms in total. The Balaban J connectivity index is 2.48. The molecule has 0 N–H and O–H groups in total. The maximum atomic E-state index is 12.7. The molecule has 0 fully saturated rings. The Morgan fingerprint density at radius 3 is 2.48 bits per heavy atom. The van der Waals surface area contributed by atoms with E-state index in [1.807, 2.05) is 49.4 Å². The van der Waals surface area contributed by atoms with Gasteiger partial charge in [0.05, 0.1) is 11.7 Å². The van der Waals surface area contributed by atoms with E-state index in [-0.39, 0.29) is 11.9 Å². The van der Waals surface area contributed by atoms with Gasteiger partial charge in [-0.05, 0) is 43.7 Å². The summed E-state index contributed by atoms with van der Waals surface area (Å²) in [5, 5.41) is 0.660. The summed E-state index contributed by atoms with van der Waals surface area (Å²) < 4.78 is 5.20. The third kappa shape index (κ3) is 4.09. The molecule has 2 atom stereocenters. The van der Waals surface area contributed by atoms with Gasteiger partial charge >= 0.3 is 0 Å². The monoisotopic (exact) mass is 332 g/mol. The number of pyridine rings is 1. The molecule has 0 unspecified atom stereocenters. The zero-order chi connectivity index (χ0) is 16.8. The lowest BCUT2D eigenvalue weighted by Gasteiger charge is -2.32. The van der Waals surface area contributed by atoms with Crippen molar-refractivity contribution < 1.29 is 9.53 Å². The summed E-state index contributed by atoms with van der Waals surface area (Å²) in [6.07, 6.45) is 1.23. The summed E-state index contributed by atoms with van der Waals surface area (Å²) >= 11 is 6.00. The van der Waals surface area contributed by atoms with Crippen LogP contribution in [0.1, 0.15) is 31.1 Å². The first-order valence-corrected chi connectivity index (χ1v) is 7.96. The normalized spacial score (nSPS) is 13.4. The van der Waals surface area contributed by atoms with Crippen molar-refractivity contribution in [3.63, 3.8) is 0 Å².